The van der Waals surface area contributed by atoms with E-state index in [4.69, 9.17) is 0 Å². The van der Waals surface area contributed by atoms with E-state index in [0.29, 0.717) is 5.69 Å². The van der Waals surface area contributed by atoms with Crippen LogP contribution < -0.4 is 10.6 Å². The van der Waals surface area contributed by atoms with Gasteiger partial charge in [0.2, 0.25) is 0 Å². The molecule has 1 aliphatic rings. The predicted molar refractivity (Wildman–Crippen MR) is 63.3 cm³/mol. The van der Waals surface area contributed by atoms with Gasteiger partial charge < -0.3 is 10.6 Å². The van der Waals surface area contributed by atoms with Gasteiger partial charge in [-0.3, -0.25) is 0 Å². The molecule has 0 bridgehead atoms. The van der Waals surface area contributed by atoms with Crippen LogP contribution >= 0.6 is 11.8 Å². The standard InChI is InChI=1S/C11H13F3N2S/c12-11(13,14)17-10-4-2-1-3-9(10)16-8-5-6-15-7-8/h1-4,8,15-16H,5-7H2. The number of benzene rings is 1. The number of hydrogen-bond donors (Lipinski definition) is 2. The molecule has 1 aromatic carbocycles. The van der Waals surface area contributed by atoms with Gasteiger partial charge in [0.15, 0.2) is 0 Å². The van der Waals surface area contributed by atoms with Gasteiger partial charge in [-0.1, -0.05) is 12.1 Å². The van der Waals surface area contributed by atoms with E-state index in [9.17, 15) is 13.2 Å². The molecule has 0 saturated carbocycles. The topological polar surface area (TPSA) is 24.1 Å². The molecule has 1 aromatic rings. The first kappa shape index (κ1) is 12.6. The largest absolute Gasteiger partial charge is 0.446 e. The van der Waals surface area contributed by atoms with Crippen LogP contribution in [0.1, 0.15) is 6.42 Å². The fourth-order valence-corrected chi connectivity index (χ4v) is 2.43. The van der Waals surface area contributed by atoms with E-state index >= 15 is 0 Å². The first-order chi connectivity index (χ1) is 8.04. The van der Waals surface area contributed by atoms with E-state index in [1.165, 1.54) is 6.07 Å². The Kier molecular flexibility index (Phi) is 3.83. The zero-order valence-corrected chi connectivity index (χ0v) is 9.87. The summed E-state index contributed by atoms with van der Waals surface area (Å²) in [5.41, 5.74) is -3.69. The Morgan fingerprint density at radius 1 is 1.29 bits per heavy atom. The number of alkyl halides is 3. The van der Waals surface area contributed by atoms with Gasteiger partial charge in [0.1, 0.15) is 0 Å². The maximum Gasteiger partial charge on any atom is 0.446 e. The van der Waals surface area contributed by atoms with Gasteiger partial charge in [-0.15, -0.1) is 0 Å². The predicted octanol–water partition coefficient (Wildman–Crippen LogP) is 3.07. The van der Waals surface area contributed by atoms with Gasteiger partial charge in [-0.2, -0.15) is 13.2 Å². The minimum atomic E-state index is -4.24. The summed E-state index contributed by atoms with van der Waals surface area (Å²) >= 11 is -0.0722. The van der Waals surface area contributed by atoms with Crippen molar-refractivity contribution in [2.24, 2.45) is 0 Å². The van der Waals surface area contributed by atoms with Crippen molar-refractivity contribution >= 4 is 17.4 Å². The summed E-state index contributed by atoms with van der Waals surface area (Å²) in [6, 6.07) is 6.75. The molecule has 2 N–H and O–H groups in total. The molecular formula is C11H13F3N2S. The van der Waals surface area contributed by atoms with Crippen molar-refractivity contribution in [1.82, 2.24) is 5.32 Å². The molecule has 0 aliphatic carbocycles. The lowest BCUT2D eigenvalue weighted by atomic mass is 10.2. The van der Waals surface area contributed by atoms with Gasteiger partial charge >= 0.3 is 5.51 Å². The molecule has 17 heavy (non-hydrogen) atoms. The summed E-state index contributed by atoms with van der Waals surface area (Å²) in [5.74, 6) is 0. The Morgan fingerprint density at radius 3 is 2.71 bits per heavy atom. The maximum atomic E-state index is 12.4. The van der Waals surface area contributed by atoms with E-state index in [1.54, 1.807) is 18.2 Å². The molecule has 2 nitrogen and oxygen atoms in total. The Hall–Kier alpha value is -0.880. The normalized spacial score (nSPS) is 20.5. The van der Waals surface area contributed by atoms with Gasteiger partial charge in [0.25, 0.3) is 0 Å². The van der Waals surface area contributed by atoms with Crippen LogP contribution in [0.15, 0.2) is 29.2 Å². The highest BCUT2D eigenvalue weighted by atomic mass is 32.2. The van der Waals surface area contributed by atoms with Crippen LogP contribution in [0.2, 0.25) is 0 Å². The van der Waals surface area contributed by atoms with Crippen molar-refractivity contribution in [2.45, 2.75) is 22.9 Å². The number of thioether (sulfide) groups is 1. The Labute approximate surface area is 102 Å². The average Bonchev–Trinajstić information content (AvgIpc) is 2.71. The fourth-order valence-electron chi connectivity index (χ4n) is 1.80. The summed E-state index contributed by atoms with van der Waals surface area (Å²) in [4.78, 5) is 0.229. The van der Waals surface area contributed by atoms with E-state index < -0.39 is 5.51 Å². The van der Waals surface area contributed by atoms with E-state index in [1.807, 2.05) is 0 Å². The van der Waals surface area contributed by atoms with Gasteiger partial charge in [-0.05, 0) is 36.9 Å². The highest BCUT2D eigenvalue weighted by molar-refractivity contribution is 8.00. The monoisotopic (exact) mass is 262 g/mol. The molecule has 2 rings (SSSR count). The second-order valence-electron chi connectivity index (χ2n) is 3.88. The Balaban J connectivity index is 2.09. The lowest BCUT2D eigenvalue weighted by Gasteiger charge is -2.16. The summed E-state index contributed by atoms with van der Waals surface area (Å²) in [7, 11) is 0. The first-order valence-corrected chi connectivity index (χ1v) is 6.18. The second kappa shape index (κ2) is 5.18. The van der Waals surface area contributed by atoms with E-state index in [2.05, 4.69) is 10.6 Å². The van der Waals surface area contributed by atoms with E-state index in [-0.39, 0.29) is 22.7 Å². The van der Waals surface area contributed by atoms with Gasteiger partial charge in [0, 0.05) is 23.2 Å². The van der Waals surface area contributed by atoms with Crippen LogP contribution in [0.25, 0.3) is 0 Å². The van der Waals surface area contributed by atoms with Crippen molar-refractivity contribution < 1.29 is 13.2 Å². The average molecular weight is 262 g/mol. The molecule has 6 heteroatoms. The van der Waals surface area contributed by atoms with Crippen molar-refractivity contribution in [3.05, 3.63) is 24.3 Å². The zero-order chi connectivity index (χ0) is 12.3. The summed E-state index contributed by atoms with van der Waals surface area (Å²) in [6.45, 7) is 1.71. The molecule has 1 saturated heterocycles. The van der Waals surface area contributed by atoms with Crippen molar-refractivity contribution in [1.29, 1.82) is 0 Å². The van der Waals surface area contributed by atoms with Crippen molar-refractivity contribution in [3.63, 3.8) is 0 Å². The number of rotatable bonds is 3. The molecule has 0 spiro atoms. The minimum absolute atomic E-state index is 0.0722. The SMILES string of the molecule is FC(F)(F)Sc1ccccc1NC1CCNC1. The van der Waals surface area contributed by atoms with Crippen LogP contribution in [-0.4, -0.2) is 24.6 Å². The molecule has 94 valence electrons. The minimum Gasteiger partial charge on any atom is -0.380 e. The molecule has 0 amide bonds. The lowest BCUT2D eigenvalue weighted by molar-refractivity contribution is -0.0327. The molecule has 1 fully saturated rings. The molecular weight excluding hydrogens is 249 g/mol. The number of hydrogen-bond acceptors (Lipinski definition) is 3. The van der Waals surface area contributed by atoms with Gasteiger partial charge in [-0.25, -0.2) is 0 Å². The molecule has 1 unspecified atom stereocenters. The summed E-state index contributed by atoms with van der Waals surface area (Å²) in [5, 5.41) is 6.32. The molecule has 0 aromatic heterocycles. The fraction of sp³-hybridized carbons (Fsp3) is 0.455. The molecule has 1 aliphatic heterocycles. The lowest BCUT2D eigenvalue weighted by Crippen LogP contribution is -2.22. The summed E-state index contributed by atoms with van der Waals surface area (Å²) < 4.78 is 37.1. The highest BCUT2D eigenvalue weighted by Crippen LogP contribution is 2.40. The Morgan fingerprint density at radius 2 is 2.06 bits per heavy atom. The van der Waals surface area contributed by atoms with Crippen LogP contribution in [0, 0.1) is 0 Å². The second-order valence-corrected chi connectivity index (χ2v) is 4.98. The zero-order valence-electron chi connectivity index (χ0n) is 9.05. The molecule has 0 radical (unpaired) electrons. The number of anilines is 1. The third-order valence-corrected chi connectivity index (χ3v) is 3.34. The van der Waals surface area contributed by atoms with Crippen LogP contribution in [0.3, 0.4) is 0 Å². The van der Waals surface area contributed by atoms with Crippen LogP contribution in [-0.2, 0) is 0 Å². The van der Waals surface area contributed by atoms with Crippen molar-refractivity contribution in [3.8, 4) is 0 Å². The van der Waals surface area contributed by atoms with E-state index in [0.717, 1.165) is 19.5 Å². The highest BCUT2D eigenvalue weighted by Gasteiger charge is 2.30. The molecule has 1 heterocycles. The van der Waals surface area contributed by atoms with Crippen LogP contribution in [0.5, 0.6) is 0 Å². The molecule has 1 atom stereocenters. The van der Waals surface area contributed by atoms with Gasteiger partial charge in [0.05, 0.1) is 0 Å². The maximum absolute atomic E-state index is 12.4. The Bertz CT molecular complexity index is 375. The third kappa shape index (κ3) is 3.81. The number of halogens is 3. The summed E-state index contributed by atoms with van der Waals surface area (Å²) in [6.07, 6.45) is 0.936. The first-order valence-electron chi connectivity index (χ1n) is 5.36. The number of para-hydroxylation sites is 1. The smallest absolute Gasteiger partial charge is 0.380 e. The quantitative estimate of drug-likeness (QED) is 0.819. The van der Waals surface area contributed by atoms with Crippen LogP contribution in [0.4, 0.5) is 18.9 Å². The number of nitrogens with one attached hydrogen (secondary N) is 2. The third-order valence-electron chi connectivity index (χ3n) is 2.53. The van der Waals surface area contributed by atoms with Crippen molar-refractivity contribution in [2.75, 3.05) is 18.4 Å².